The van der Waals surface area contributed by atoms with Crippen molar-refractivity contribution in [3.8, 4) is 0 Å². The highest BCUT2D eigenvalue weighted by Gasteiger charge is 2.17. The molecule has 1 heterocycles. The fourth-order valence-corrected chi connectivity index (χ4v) is 2.43. The Morgan fingerprint density at radius 3 is 2.63 bits per heavy atom. The second-order valence-electron chi connectivity index (χ2n) is 4.22. The Labute approximate surface area is 114 Å². The maximum absolute atomic E-state index is 12.8. The largest absolute Gasteiger partial charge is 0.386 e. The smallest absolute Gasteiger partial charge is 0.253 e. The Balaban J connectivity index is 2.01. The second kappa shape index (κ2) is 5.95. The Hall–Kier alpha value is -1.72. The molecular weight excluding hydrogens is 265 g/mol. The number of benzene rings is 1. The molecule has 1 amide bonds. The number of thiophene rings is 1. The third-order valence-electron chi connectivity index (χ3n) is 2.76. The molecule has 1 aromatic heterocycles. The molecule has 2 aromatic rings. The van der Waals surface area contributed by atoms with Crippen molar-refractivity contribution >= 4 is 17.2 Å². The van der Waals surface area contributed by atoms with Crippen molar-refractivity contribution in [2.45, 2.75) is 6.10 Å². The lowest BCUT2D eigenvalue weighted by Crippen LogP contribution is -2.30. The van der Waals surface area contributed by atoms with Crippen LogP contribution in [0, 0.1) is 5.82 Å². The first-order chi connectivity index (χ1) is 9.08. The van der Waals surface area contributed by atoms with Crippen molar-refractivity contribution in [1.29, 1.82) is 0 Å². The molecule has 0 aliphatic carbocycles. The molecular formula is C14H14FNO2S. The number of aliphatic hydroxyl groups excluding tert-OH is 1. The summed E-state index contributed by atoms with van der Waals surface area (Å²) in [5, 5.41) is 11.9. The summed E-state index contributed by atoms with van der Waals surface area (Å²) in [5.74, 6) is -0.617. The second-order valence-corrected chi connectivity index (χ2v) is 5.20. The molecule has 3 nitrogen and oxygen atoms in total. The number of aliphatic hydroxyl groups is 1. The minimum absolute atomic E-state index is 0.205. The average molecular weight is 279 g/mol. The normalized spacial score (nSPS) is 12.2. The van der Waals surface area contributed by atoms with E-state index in [9.17, 15) is 14.3 Å². The predicted molar refractivity (Wildman–Crippen MR) is 72.6 cm³/mol. The van der Waals surface area contributed by atoms with Gasteiger partial charge in [-0.25, -0.2) is 4.39 Å². The molecule has 0 aliphatic rings. The Morgan fingerprint density at radius 1 is 1.37 bits per heavy atom. The average Bonchev–Trinajstić information content (AvgIpc) is 2.92. The summed E-state index contributed by atoms with van der Waals surface area (Å²) in [6.45, 7) is 0.205. The van der Waals surface area contributed by atoms with E-state index in [1.807, 2.05) is 17.5 Å². The molecule has 0 bridgehead atoms. The third-order valence-corrected chi connectivity index (χ3v) is 3.73. The van der Waals surface area contributed by atoms with E-state index in [0.717, 1.165) is 4.88 Å². The number of carbonyl (C=O) groups is 1. The van der Waals surface area contributed by atoms with Gasteiger partial charge in [0, 0.05) is 17.5 Å². The van der Waals surface area contributed by atoms with E-state index >= 15 is 0 Å². The fourth-order valence-electron chi connectivity index (χ4n) is 1.73. The van der Waals surface area contributed by atoms with E-state index in [1.54, 1.807) is 7.05 Å². The van der Waals surface area contributed by atoms with E-state index in [4.69, 9.17) is 0 Å². The van der Waals surface area contributed by atoms with Crippen LogP contribution in [0.1, 0.15) is 21.3 Å². The van der Waals surface area contributed by atoms with Crippen LogP contribution in [0.3, 0.4) is 0 Å². The minimum atomic E-state index is -0.700. The summed E-state index contributed by atoms with van der Waals surface area (Å²) >= 11 is 1.44. The minimum Gasteiger partial charge on any atom is -0.386 e. The molecule has 0 saturated carbocycles. The van der Waals surface area contributed by atoms with E-state index in [-0.39, 0.29) is 18.3 Å². The number of hydrogen-bond acceptors (Lipinski definition) is 3. The summed E-state index contributed by atoms with van der Waals surface area (Å²) in [6.07, 6.45) is -0.700. The molecule has 100 valence electrons. The van der Waals surface area contributed by atoms with Gasteiger partial charge in [0.15, 0.2) is 0 Å². The van der Waals surface area contributed by atoms with Crippen molar-refractivity contribution in [1.82, 2.24) is 4.90 Å². The molecule has 2 rings (SSSR count). The molecule has 0 spiro atoms. The topological polar surface area (TPSA) is 40.5 Å². The summed E-state index contributed by atoms with van der Waals surface area (Å²) in [4.78, 5) is 14.3. The molecule has 1 aromatic carbocycles. The zero-order valence-corrected chi connectivity index (χ0v) is 11.2. The first-order valence-corrected chi connectivity index (χ1v) is 6.68. The molecule has 1 N–H and O–H groups in total. The molecule has 19 heavy (non-hydrogen) atoms. The van der Waals surface area contributed by atoms with Crippen LogP contribution in [0.25, 0.3) is 0 Å². The summed E-state index contributed by atoms with van der Waals surface area (Å²) in [7, 11) is 1.61. The van der Waals surface area contributed by atoms with Crippen molar-refractivity contribution in [3.05, 3.63) is 58.0 Å². The predicted octanol–water partition coefficient (Wildman–Crippen LogP) is 2.69. The van der Waals surface area contributed by atoms with Crippen LogP contribution in [-0.2, 0) is 0 Å². The van der Waals surface area contributed by atoms with Gasteiger partial charge in [-0.15, -0.1) is 11.3 Å². The highest BCUT2D eigenvalue weighted by Crippen LogP contribution is 2.20. The van der Waals surface area contributed by atoms with E-state index in [0.29, 0.717) is 5.56 Å². The van der Waals surface area contributed by atoms with Gasteiger partial charge in [0.25, 0.3) is 5.91 Å². The van der Waals surface area contributed by atoms with E-state index < -0.39 is 6.10 Å². The molecule has 5 heteroatoms. The zero-order chi connectivity index (χ0) is 13.8. The van der Waals surface area contributed by atoms with Gasteiger partial charge in [0.05, 0.1) is 6.54 Å². The van der Waals surface area contributed by atoms with Gasteiger partial charge in [-0.05, 0) is 35.7 Å². The van der Waals surface area contributed by atoms with Crippen LogP contribution in [0.4, 0.5) is 4.39 Å². The lowest BCUT2D eigenvalue weighted by molar-refractivity contribution is 0.0685. The lowest BCUT2D eigenvalue weighted by atomic mass is 10.2. The zero-order valence-electron chi connectivity index (χ0n) is 10.4. The monoisotopic (exact) mass is 279 g/mol. The van der Waals surface area contributed by atoms with Crippen LogP contribution in [0.2, 0.25) is 0 Å². The third kappa shape index (κ3) is 3.39. The van der Waals surface area contributed by atoms with Gasteiger partial charge in [-0.1, -0.05) is 6.07 Å². The van der Waals surface area contributed by atoms with Gasteiger partial charge in [0.2, 0.25) is 0 Å². The molecule has 0 fully saturated rings. The number of rotatable bonds is 4. The van der Waals surface area contributed by atoms with Crippen molar-refractivity contribution in [2.24, 2.45) is 0 Å². The first kappa shape index (κ1) is 13.7. The molecule has 0 saturated heterocycles. The molecule has 0 aliphatic heterocycles. The summed E-state index contributed by atoms with van der Waals surface area (Å²) in [5.41, 5.74) is 0.405. The maximum Gasteiger partial charge on any atom is 0.253 e. The molecule has 1 atom stereocenters. The van der Waals surface area contributed by atoms with Crippen LogP contribution in [0.15, 0.2) is 41.8 Å². The summed E-state index contributed by atoms with van der Waals surface area (Å²) < 4.78 is 12.8. The van der Waals surface area contributed by atoms with Gasteiger partial charge in [0.1, 0.15) is 11.9 Å². The van der Waals surface area contributed by atoms with E-state index in [2.05, 4.69) is 0 Å². The van der Waals surface area contributed by atoms with Crippen LogP contribution >= 0.6 is 11.3 Å². The lowest BCUT2D eigenvalue weighted by Gasteiger charge is -2.20. The van der Waals surface area contributed by atoms with Gasteiger partial charge in [-0.2, -0.15) is 0 Å². The van der Waals surface area contributed by atoms with Gasteiger partial charge in [-0.3, -0.25) is 4.79 Å². The summed E-state index contributed by atoms with van der Waals surface area (Å²) in [6, 6.07) is 9.04. The van der Waals surface area contributed by atoms with Crippen LogP contribution in [-0.4, -0.2) is 29.5 Å². The number of amides is 1. The highest BCUT2D eigenvalue weighted by molar-refractivity contribution is 7.10. The van der Waals surface area contributed by atoms with Gasteiger partial charge >= 0.3 is 0 Å². The fraction of sp³-hybridized carbons (Fsp3) is 0.214. The van der Waals surface area contributed by atoms with Crippen molar-refractivity contribution in [3.63, 3.8) is 0 Å². The number of halogens is 1. The first-order valence-electron chi connectivity index (χ1n) is 5.80. The van der Waals surface area contributed by atoms with E-state index in [1.165, 1.54) is 40.5 Å². The van der Waals surface area contributed by atoms with Gasteiger partial charge < -0.3 is 10.0 Å². The highest BCUT2D eigenvalue weighted by atomic mass is 32.1. The SMILES string of the molecule is CN(CC(O)c1cccs1)C(=O)c1ccc(F)cc1. The van der Waals surface area contributed by atoms with Crippen molar-refractivity contribution < 1.29 is 14.3 Å². The number of carbonyl (C=O) groups excluding carboxylic acids is 1. The number of likely N-dealkylation sites (N-methyl/N-ethyl adjacent to an activating group) is 1. The Morgan fingerprint density at radius 2 is 2.05 bits per heavy atom. The maximum atomic E-state index is 12.8. The van der Waals surface area contributed by atoms with Crippen molar-refractivity contribution in [2.75, 3.05) is 13.6 Å². The molecule has 1 unspecified atom stereocenters. The Bertz CT molecular complexity index is 539. The number of nitrogens with zero attached hydrogens (tertiary/aromatic N) is 1. The van der Waals surface area contributed by atoms with Crippen LogP contribution < -0.4 is 0 Å². The Kier molecular flexibility index (Phi) is 4.29. The number of hydrogen-bond donors (Lipinski definition) is 1. The quantitative estimate of drug-likeness (QED) is 0.934. The standard InChI is InChI=1S/C14H14FNO2S/c1-16(9-12(17)13-3-2-8-19-13)14(18)10-4-6-11(15)7-5-10/h2-8,12,17H,9H2,1H3. The van der Waals surface area contributed by atoms with Crippen LogP contribution in [0.5, 0.6) is 0 Å². The molecule has 0 radical (unpaired) electrons.